The van der Waals surface area contributed by atoms with Crippen LogP contribution in [0, 0.1) is 0 Å². The van der Waals surface area contributed by atoms with Crippen molar-refractivity contribution in [1.29, 1.82) is 0 Å². The third kappa shape index (κ3) is 42.8. The van der Waals surface area contributed by atoms with Crippen molar-refractivity contribution in [3.05, 3.63) is 29.6 Å². The third-order valence-corrected chi connectivity index (χ3v) is 14.3. The van der Waals surface area contributed by atoms with Gasteiger partial charge in [-0.1, -0.05) is 310 Å². The first-order valence-electron chi connectivity index (χ1n) is 29.3. The van der Waals surface area contributed by atoms with Crippen LogP contribution in [-0.4, -0.2) is 0 Å². The van der Waals surface area contributed by atoms with Crippen molar-refractivity contribution in [2.75, 3.05) is 0 Å². The molecule has 1 aromatic rings. The van der Waals surface area contributed by atoms with Crippen molar-refractivity contribution < 1.29 is 4.57 Å². The van der Waals surface area contributed by atoms with E-state index in [2.05, 4.69) is 43.8 Å². The summed E-state index contributed by atoms with van der Waals surface area (Å²) in [6.45, 7) is 8.17. The van der Waals surface area contributed by atoms with E-state index in [0.717, 1.165) is 0 Å². The zero-order chi connectivity index (χ0) is 43.6. The van der Waals surface area contributed by atoms with Crippen molar-refractivity contribution in [3.63, 3.8) is 0 Å². The van der Waals surface area contributed by atoms with Crippen LogP contribution in [0.3, 0.4) is 0 Å². The summed E-state index contributed by atoms with van der Waals surface area (Å²) in [6.07, 6.45) is 78.7. The molecule has 1 nitrogen and oxygen atoms in total. The van der Waals surface area contributed by atoms with Gasteiger partial charge in [-0.05, 0) is 37.7 Å². The van der Waals surface area contributed by atoms with E-state index >= 15 is 0 Å². The number of rotatable bonds is 52. The second-order valence-corrected chi connectivity index (χ2v) is 20.5. The Balaban J connectivity index is 2.26. The quantitative estimate of drug-likeness (QED) is 0.0454. The Morgan fingerprint density at radius 2 is 0.459 bits per heavy atom. The lowest BCUT2D eigenvalue weighted by molar-refractivity contribution is -0.697. The molecule has 61 heavy (non-hydrogen) atoms. The van der Waals surface area contributed by atoms with Gasteiger partial charge in [-0.2, -0.15) is 0 Å². The molecule has 1 heterocycles. The molecule has 0 aliphatic heterocycles. The van der Waals surface area contributed by atoms with Gasteiger partial charge in [0, 0.05) is 18.1 Å². The van der Waals surface area contributed by atoms with E-state index in [1.807, 2.05) is 0 Å². The molecule has 1 heteroatoms. The van der Waals surface area contributed by atoms with E-state index in [1.54, 1.807) is 11.1 Å². The summed E-state index contributed by atoms with van der Waals surface area (Å²) < 4.78 is 2.56. The van der Waals surface area contributed by atoms with Gasteiger partial charge in [-0.25, -0.2) is 4.57 Å². The van der Waals surface area contributed by atoms with Gasteiger partial charge in [0.05, 0.1) is 0 Å². The Hall–Kier alpha value is -0.850. The van der Waals surface area contributed by atoms with Crippen molar-refractivity contribution in [3.8, 4) is 0 Å². The van der Waals surface area contributed by atoms with Crippen LogP contribution >= 0.6 is 0 Å². The molecule has 0 radical (unpaired) electrons. The minimum Gasteiger partial charge on any atom is -0.205 e. The predicted molar refractivity (Wildman–Crippen MR) is 277 cm³/mol. The van der Waals surface area contributed by atoms with Gasteiger partial charge in [0.2, 0.25) is 0 Å². The van der Waals surface area contributed by atoms with E-state index in [4.69, 9.17) is 0 Å². The maximum atomic E-state index is 2.58. The Morgan fingerprint density at radius 3 is 0.721 bits per heavy atom. The standard InChI is InChI=1S/C60H116N/c1-4-7-10-13-16-19-22-25-28-30-32-35-38-41-44-47-50-53-59-55-57-61(56-52-49-46-43-40-37-34-27-24-21-18-15-12-9-6-3)58-60(59)54-51-48-45-42-39-36-33-31-29-26-23-20-17-14-11-8-5-2/h55,57-58H,4-54,56H2,1-3H3/q+1. The van der Waals surface area contributed by atoms with Gasteiger partial charge in [0.25, 0.3) is 0 Å². The highest BCUT2D eigenvalue weighted by molar-refractivity contribution is 5.21. The van der Waals surface area contributed by atoms with Gasteiger partial charge in [0.15, 0.2) is 12.4 Å². The lowest BCUT2D eigenvalue weighted by Gasteiger charge is -2.10. The summed E-state index contributed by atoms with van der Waals surface area (Å²) >= 11 is 0. The molecule has 360 valence electrons. The van der Waals surface area contributed by atoms with Gasteiger partial charge in [0.1, 0.15) is 6.54 Å². The van der Waals surface area contributed by atoms with Gasteiger partial charge in [-0.15, -0.1) is 0 Å². The van der Waals surface area contributed by atoms with Gasteiger partial charge < -0.3 is 0 Å². The Kier molecular flexibility index (Phi) is 47.8. The molecule has 0 spiro atoms. The second kappa shape index (κ2) is 50.2. The molecule has 0 aliphatic rings. The average molecular weight is 852 g/mol. The first kappa shape index (κ1) is 58.2. The SMILES string of the molecule is CCCCCCCCCCCCCCCCCCCc1cc[n+](CCCCCCCCCCCCCCCCC)cc1CCCCCCCCCCCCCCCCCCC. The van der Waals surface area contributed by atoms with Crippen LogP contribution in [-0.2, 0) is 19.4 Å². The molecule has 1 aromatic heterocycles. The summed E-state index contributed by atoms with van der Waals surface area (Å²) in [4.78, 5) is 0. The van der Waals surface area contributed by atoms with Crippen molar-refractivity contribution in [2.45, 2.75) is 355 Å². The fraction of sp³-hybridized carbons (Fsp3) is 0.917. The summed E-state index contributed by atoms with van der Waals surface area (Å²) in [5, 5.41) is 0. The number of pyridine rings is 1. The van der Waals surface area contributed by atoms with Crippen molar-refractivity contribution in [2.24, 2.45) is 0 Å². The van der Waals surface area contributed by atoms with Crippen LogP contribution in [0.1, 0.15) is 347 Å². The molecule has 0 fully saturated rings. The van der Waals surface area contributed by atoms with Crippen LogP contribution in [0.25, 0.3) is 0 Å². The minimum atomic E-state index is 1.21. The predicted octanol–water partition coefficient (Wildman–Crippen LogP) is 21.2. The molecule has 0 saturated heterocycles. The molecule has 0 aromatic carbocycles. The Labute approximate surface area is 387 Å². The smallest absolute Gasteiger partial charge is 0.172 e. The third-order valence-electron chi connectivity index (χ3n) is 14.3. The number of hydrogen-bond acceptors (Lipinski definition) is 0. The van der Waals surface area contributed by atoms with E-state index in [-0.39, 0.29) is 0 Å². The average Bonchev–Trinajstić information content (AvgIpc) is 3.27. The monoisotopic (exact) mass is 851 g/mol. The van der Waals surface area contributed by atoms with Crippen LogP contribution in [0.15, 0.2) is 18.5 Å². The molecule has 0 amide bonds. The van der Waals surface area contributed by atoms with Gasteiger partial charge in [-0.3, -0.25) is 0 Å². The molecule has 0 atom stereocenters. The molecular weight excluding hydrogens is 735 g/mol. The highest BCUT2D eigenvalue weighted by Gasteiger charge is 2.10. The normalized spacial score (nSPS) is 11.7. The van der Waals surface area contributed by atoms with Gasteiger partial charge >= 0.3 is 0 Å². The number of unbranched alkanes of at least 4 members (excludes halogenated alkanes) is 46. The molecule has 0 N–H and O–H groups in total. The van der Waals surface area contributed by atoms with Crippen molar-refractivity contribution >= 4 is 0 Å². The molecule has 0 aliphatic carbocycles. The van der Waals surface area contributed by atoms with Crippen LogP contribution in [0.5, 0.6) is 0 Å². The van der Waals surface area contributed by atoms with Crippen molar-refractivity contribution in [1.82, 2.24) is 0 Å². The number of aryl methyl sites for hydroxylation is 3. The zero-order valence-electron chi connectivity index (χ0n) is 42.9. The largest absolute Gasteiger partial charge is 0.205 e. The van der Waals surface area contributed by atoms with E-state index in [1.165, 1.54) is 334 Å². The fourth-order valence-corrected chi connectivity index (χ4v) is 9.97. The first-order chi connectivity index (χ1) is 30.3. The van der Waals surface area contributed by atoms with Crippen LogP contribution in [0.4, 0.5) is 0 Å². The van der Waals surface area contributed by atoms with E-state index in [9.17, 15) is 0 Å². The van der Waals surface area contributed by atoms with E-state index < -0.39 is 0 Å². The summed E-state index contributed by atoms with van der Waals surface area (Å²) in [5.74, 6) is 0. The Morgan fingerprint density at radius 1 is 0.246 bits per heavy atom. The lowest BCUT2D eigenvalue weighted by atomic mass is 9.97. The maximum Gasteiger partial charge on any atom is 0.172 e. The maximum absolute atomic E-state index is 2.58. The van der Waals surface area contributed by atoms with Crippen LogP contribution in [0.2, 0.25) is 0 Å². The molecule has 0 bridgehead atoms. The molecular formula is C60H116N+. The highest BCUT2D eigenvalue weighted by atomic mass is 14.9. The molecule has 0 saturated carbocycles. The first-order valence-corrected chi connectivity index (χ1v) is 29.3. The summed E-state index contributed by atoms with van der Waals surface area (Å²) in [6, 6.07) is 2.53. The second-order valence-electron chi connectivity index (χ2n) is 20.5. The van der Waals surface area contributed by atoms with Crippen LogP contribution < -0.4 is 4.57 Å². The lowest BCUT2D eigenvalue weighted by Crippen LogP contribution is -2.34. The molecule has 1 rings (SSSR count). The number of hydrogen-bond donors (Lipinski definition) is 0. The highest BCUT2D eigenvalue weighted by Crippen LogP contribution is 2.20. The van der Waals surface area contributed by atoms with E-state index in [0.29, 0.717) is 0 Å². The Bertz CT molecular complexity index is 951. The fourth-order valence-electron chi connectivity index (χ4n) is 9.97. The number of aromatic nitrogens is 1. The number of nitrogens with zero attached hydrogens (tertiary/aromatic N) is 1. The summed E-state index contributed by atoms with van der Waals surface area (Å²) in [5.41, 5.74) is 3.35. The summed E-state index contributed by atoms with van der Waals surface area (Å²) in [7, 11) is 0. The molecule has 0 unspecified atom stereocenters. The minimum absolute atomic E-state index is 1.21. The zero-order valence-corrected chi connectivity index (χ0v) is 42.9. The topological polar surface area (TPSA) is 3.88 Å².